The second-order valence-electron chi connectivity index (χ2n) is 3.63. The lowest BCUT2D eigenvalue weighted by Crippen LogP contribution is -1.96. The van der Waals surface area contributed by atoms with Crippen molar-refractivity contribution >= 4 is 54.8 Å². The van der Waals surface area contributed by atoms with Gasteiger partial charge in [-0.3, -0.25) is 0 Å². The minimum atomic E-state index is -0.612. The van der Waals surface area contributed by atoms with Gasteiger partial charge in [-0.1, -0.05) is 17.7 Å². The van der Waals surface area contributed by atoms with Gasteiger partial charge in [0, 0.05) is 18.7 Å². The molecule has 90 valence electrons. The van der Waals surface area contributed by atoms with Crippen LogP contribution in [0.3, 0.4) is 0 Å². The predicted octanol–water partition coefficient (Wildman–Crippen LogP) is 5.32. The van der Waals surface area contributed by atoms with Crippen LogP contribution >= 0.6 is 54.8 Å². The van der Waals surface area contributed by atoms with Gasteiger partial charge in [0.1, 0.15) is 6.10 Å². The monoisotopic (exact) mass is 394 g/mol. The summed E-state index contributed by atoms with van der Waals surface area (Å²) < 4.78 is 1.83. The fourth-order valence-electron chi connectivity index (χ4n) is 1.46. The number of benzene rings is 1. The first-order valence-corrected chi connectivity index (χ1v) is 7.66. The van der Waals surface area contributed by atoms with E-state index in [0.717, 1.165) is 24.3 Å². The molecule has 5 heteroatoms. The summed E-state index contributed by atoms with van der Waals surface area (Å²) in [5, 5.41) is 10.9. The van der Waals surface area contributed by atoms with Gasteiger partial charge in [-0.25, -0.2) is 0 Å². The van der Waals surface area contributed by atoms with Gasteiger partial charge in [-0.2, -0.15) is 0 Å². The average Bonchev–Trinajstić information content (AvgIpc) is 2.62. The molecular formula is C12H9Br2ClOS. The summed E-state index contributed by atoms with van der Waals surface area (Å²) in [5.41, 5.74) is 0.829. The van der Waals surface area contributed by atoms with Crippen molar-refractivity contribution in [2.24, 2.45) is 0 Å². The Hall–Kier alpha value is 0.130. The number of hydrogen-bond donors (Lipinski definition) is 1. The highest BCUT2D eigenvalue weighted by Gasteiger charge is 2.15. The van der Waals surface area contributed by atoms with Crippen LogP contribution in [0.5, 0.6) is 0 Å². The molecule has 1 atom stereocenters. The van der Waals surface area contributed by atoms with Crippen molar-refractivity contribution in [3.63, 3.8) is 0 Å². The SMILES string of the molecule is Cc1sc(C(O)c2ccc(Cl)c(Br)c2)cc1Br. The van der Waals surface area contributed by atoms with Crippen molar-refractivity contribution in [3.05, 3.63) is 53.6 Å². The van der Waals surface area contributed by atoms with Crippen molar-refractivity contribution in [1.82, 2.24) is 0 Å². The Balaban J connectivity index is 2.36. The first kappa shape index (κ1) is 13.6. The van der Waals surface area contributed by atoms with E-state index in [4.69, 9.17) is 11.6 Å². The second-order valence-corrected chi connectivity index (χ2v) is 7.03. The fraction of sp³-hybridized carbons (Fsp3) is 0.167. The predicted molar refractivity (Wildman–Crippen MR) is 80.0 cm³/mol. The van der Waals surface area contributed by atoms with E-state index in [9.17, 15) is 5.11 Å². The highest BCUT2D eigenvalue weighted by atomic mass is 79.9. The summed E-state index contributed by atoms with van der Waals surface area (Å²) in [7, 11) is 0. The highest BCUT2D eigenvalue weighted by Crippen LogP contribution is 2.35. The van der Waals surface area contributed by atoms with Gasteiger partial charge >= 0.3 is 0 Å². The molecule has 1 aromatic carbocycles. The Kier molecular flexibility index (Phi) is 4.31. The Bertz CT molecular complexity index is 534. The molecule has 1 unspecified atom stereocenters. The maximum absolute atomic E-state index is 10.3. The second kappa shape index (κ2) is 5.41. The van der Waals surface area contributed by atoms with Crippen molar-refractivity contribution in [3.8, 4) is 0 Å². The van der Waals surface area contributed by atoms with Crippen LogP contribution in [0.2, 0.25) is 5.02 Å². The van der Waals surface area contributed by atoms with E-state index >= 15 is 0 Å². The molecule has 0 bridgehead atoms. The maximum Gasteiger partial charge on any atom is 0.113 e. The number of aliphatic hydroxyl groups is 1. The molecule has 0 spiro atoms. The van der Waals surface area contributed by atoms with Crippen molar-refractivity contribution in [2.45, 2.75) is 13.0 Å². The van der Waals surface area contributed by atoms with Crippen molar-refractivity contribution in [1.29, 1.82) is 0 Å². The van der Waals surface area contributed by atoms with E-state index in [2.05, 4.69) is 31.9 Å². The van der Waals surface area contributed by atoms with E-state index in [1.165, 1.54) is 0 Å². The van der Waals surface area contributed by atoms with Gasteiger partial charge in [-0.05, 0) is 62.5 Å². The number of thiophene rings is 1. The minimum absolute atomic E-state index is 0.612. The molecule has 0 amide bonds. The van der Waals surface area contributed by atoms with Gasteiger partial charge < -0.3 is 5.11 Å². The number of aryl methyl sites for hydroxylation is 1. The third-order valence-corrected chi connectivity index (χ3v) is 5.81. The molecule has 0 radical (unpaired) electrons. The quantitative estimate of drug-likeness (QED) is 0.729. The van der Waals surface area contributed by atoms with E-state index in [-0.39, 0.29) is 0 Å². The Morgan fingerprint density at radius 2 is 1.94 bits per heavy atom. The normalized spacial score (nSPS) is 12.8. The zero-order chi connectivity index (χ0) is 12.6. The number of rotatable bonds is 2. The molecule has 2 aromatic rings. The average molecular weight is 397 g/mol. The first-order chi connectivity index (χ1) is 7.99. The Morgan fingerprint density at radius 3 is 2.47 bits per heavy atom. The zero-order valence-electron chi connectivity index (χ0n) is 8.88. The summed E-state index contributed by atoms with van der Waals surface area (Å²) in [4.78, 5) is 2.08. The largest absolute Gasteiger partial charge is 0.383 e. The van der Waals surface area contributed by atoms with Crippen LogP contribution in [0.4, 0.5) is 0 Å². The van der Waals surface area contributed by atoms with Crippen molar-refractivity contribution < 1.29 is 5.11 Å². The molecule has 1 aromatic heterocycles. The van der Waals surface area contributed by atoms with E-state index in [1.54, 1.807) is 17.4 Å². The van der Waals surface area contributed by atoms with Crippen LogP contribution in [0.25, 0.3) is 0 Å². The molecule has 0 aliphatic heterocycles. The molecule has 0 fully saturated rings. The van der Waals surface area contributed by atoms with Gasteiger partial charge in [0.15, 0.2) is 0 Å². The van der Waals surface area contributed by atoms with Gasteiger partial charge in [0.2, 0.25) is 0 Å². The van der Waals surface area contributed by atoms with Crippen LogP contribution < -0.4 is 0 Å². The van der Waals surface area contributed by atoms with E-state index in [1.807, 2.05) is 25.1 Å². The minimum Gasteiger partial charge on any atom is -0.383 e. The summed E-state index contributed by atoms with van der Waals surface area (Å²) >= 11 is 14.3. The number of aliphatic hydroxyl groups excluding tert-OH is 1. The smallest absolute Gasteiger partial charge is 0.113 e. The zero-order valence-corrected chi connectivity index (χ0v) is 13.6. The van der Waals surface area contributed by atoms with Crippen LogP contribution in [-0.2, 0) is 0 Å². The molecule has 2 rings (SSSR count). The van der Waals surface area contributed by atoms with Gasteiger partial charge in [-0.15, -0.1) is 11.3 Å². The third kappa shape index (κ3) is 2.93. The standard InChI is InChI=1S/C12H9Br2ClOS/c1-6-8(13)5-11(17-6)12(16)7-2-3-10(15)9(14)4-7/h2-5,12,16H,1H3. The Morgan fingerprint density at radius 1 is 1.24 bits per heavy atom. The molecule has 0 saturated carbocycles. The molecule has 1 nitrogen and oxygen atoms in total. The number of hydrogen-bond acceptors (Lipinski definition) is 2. The van der Waals surface area contributed by atoms with Crippen LogP contribution in [0, 0.1) is 6.92 Å². The van der Waals surface area contributed by atoms with E-state index < -0.39 is 6.10 Å². The number of halogens is 3. The van der Waals surface area contributed by atoms with Crippen LogP contribution in [0.1, 0.15) is 21.4 Å². The summed E-state index contributed by atoms with van der Waals surface area (Å²) in [5.74, 6) is 0. The lowest BCUT2D eigenvalue weighted by molar-refractivity contribution is 0.224. The Labute approximate surface area is 126 Å². The highest BCUT2D eigenvalue weighted by molar-refractivity contribution is 9.10. The van der Waals surface area contributed by atoms with E-state index in [0.29, 0.717) is 5.02 Å². The molecule has 0 aliphatic carbocycles. The summed E-state index contributed by atoms with van der Waals surface area (Å²) in [6.45, 7) is 2.02. The topological polar surface area (TPSA) is 20.2 Å². The molecule has 0 aliphatic rings. The first-order valence-electron chi connectivity index (χ1n) is 4.88. The molecule has 1 heterocycles. The third-order valence-electron chi connectivity index (χ3n) is 2.41. The maximum atomic E-state index is 10.3. The summed E-state index contributed by atoms with van der Waals surface area (Å²) in [6, 6.07) is 7.41. The molecular weight excluding hydrogens is 387 g/mol. The van der Waals surface area contributed by atoms with Crippen LogP contribution in [0.15, 0.2) is 33.2 Å². The fourth-order valence-corrected chi connectivity index (χ4v) is 3.55. The summed E-state index contributed by atoms with van der Waals surface area (Å²) in [6.07, 6.45) is -0.612. The van der Waals surface area contributed by atoms with Gasteiger partial charge in [0.05, 0.1) is 5.02 Å². The molecule has 0 saturated heterocycles. The van der Waals surface area contributed by atoms with Crippen LogP contribution in [-0.4, -0.2) is 5.11 Å². The van der Waals surface area contributed by atoms with Crippen molar-refractivity contribution in [2.75, 3.05) is 0 Å². The van der Waals surface area contributed by atoms with Gasteiger partial charge in [0.25, 0.3) is 0 Å². The molecule has 1 N–H and O–H groups in total. The lowest BCUT2D eigenvalue weighted by Gasteiger charge is -2.09. The molecule has 17 heavy (non-hydrogen) atoms. The lowest BCUT2D eigenvalue weighted by atomic mass is 10.1.